The fourth-order valence-corrected chi connectivity index (χ4v) is 3.85. The number of nitrogens with zero attached hydrogens (tertiary/aromatic N) is 1. The third-order valence-electron chi connectivity index (χ3n) is 4.07. The van der Waals surface area contributed by atoms with Crippen molar-refractivity contribution in [1.29, 1.82) is 0 Å². The number of H-pyrrole nitrogens is 1. The summed E-state index contributed by atoms with van der Waals surface area (Å²) in [4.78, 5) is 33.2. The maximum atomic E-state index is 12.5. The standard InChI is InChI=1S/C20H14ClN3O2S/c21-13-5-3-4-12(8-13)9-14-10-23-20(27-14)24-19(26)16-11-22-17-7-2-1-6-15(17)18(16)25/h1-8,10-11H,9H2,(H,22,25)(H,23,24,26). The smallest absolute Gasteiger partial charge is 0.262 e. The van der Waals surface area contributed by atoms with Crippen molar-refractivity contribution in [3.8, 4) is 0 Å². The van der Waals surface area contributed by atoms with E-state index in [0.29, 0.717) is 27.5 Å². The first-order valence-corrected chi connectivity index (χ1v) is 9.40. The van der Waals surface area contributed by atoms with Crippen LogP contribution in [0.15, 0.2) is 65.7 Å². The quantitative estimate of drug-likeness (QED) is 0.535. The van der Waals surface area contributed by atoms with Crippen LogP contribution < -0.4 is 10.7 Å². The largest absolute Gasteiger partial charge is 0.360 e. The second-order valence-electron chi connectivity index (χ2n) is 5.97. The minimum absolute atomic E-state index is 0.0558. The van der Waals surface area contributed by atoms with Crippen LogP contribution in [0.4, 0.5) is 5.13 Å². The van der Waals surface area contributed by atoms with Gasteiger partial charge in [-0.25, -0.2) is 4.98 Å². The van der Waals surface area contributed by atoms with Crippen LogP contribution in [0.3, 0.4) is 0 Å². The number of hydrogen-bond acceptors (Lipinski definition) is 4. The number of para-hydroxylation sites is 1. The third kappa shape index (κ3) is 3.77. The zero-order valence-electron chi connectivity index (χ0n) is 14.0. The van der Waals surface area contributed by atoms with Gasteiger partial charge in [0.15, 0.2) is 5.13 Å². The Labute approximate surface area is 163 Å². The molecule has 5 nitrogen and oxygen atoms in total. The minimum atomic E-state index is -0.481. The second kappa shape index (κ2) is 7.34. The molecule has 0 aliphatic rings. The van der Waals surface area contributed by atoms with Crippen molar-refractivity contribution in [3.05, 3.63) is 92.2 Å². The zero-order valence-corrected chi connectivity index (χ0v) is 15.6. The topological polar surface area (TPSA) is 74.8 Å². The fraction of sp³-hybridized carbons (Fsp3) is 0.0500. The molecule has 2 aromatic heterocycles. The monoisotopic (exact) mass is 395 g/mol. The molecular weight excluding hydrogens is 382 g/mol. The van der Waals surface area contributed by atoms with Crippen molar-refractivity contribution in [2.45, 2.75) is 6.42 Å². The molecule has 0 aliphatic carbocycles. The van der Waals surface area contributed by atoms with Crippen LogP contribution in [-0.2, 0) is 6.42 Å². The predicted molar refractivity (Wildman–Crippen MR) is 109 cm³/mol. The number of halogens is 1. The summed E-state index contributed by atoms with van der Waals surface area (Å²) in [6.45, 7) is 0. The molecule has 2 N–H and O–H groups in total. The molecule has 27 heavy (non-hydrogen) atoms. The summed E-state index contributed by atoms with van der Waals surface area (Å²) >= 11 is 7.38. The number of hydrogen-bond donors (Lipinski definition) is 2. The maximum Gasteiger partial charge on any atom is 0.262 e. The van der Waals surface area contributed by atoms with Gasteiger partial charge in [-0.1, -0.05) is 35.9 Å². The van der Waals surface area contributed by atoms with Gasteiger partial charge in [0.1, 0.15) is 5.56 Å². The lowest BCUT2D eigenvalue weighted by atomic mass is 10.1. The lowest BCUT2D eigenvalue weighted by Gasteiger charge is -2.03. The van der Waals surface area contributed by atoms with Crippen molar-refractivity contribution < 1.29 is 4.79 Å². The number of aromatic nitrogens is 2. The number of fused-ring (bicyclic) bond motifs is 1. The number of pyridine rings is 1. The van der Waals surface area contributed by atoms with Gasteiger partial charge in [0.25, 0.3) is 5.91 Å². The average molecular weight is 396 g/mol. The Morgan fingerprint density at radius 3 is 2.89 bits per heavy atom. The Morgan fingerprint density at radius 2 is 2.04 bits per heavy atom. The van der Waals surface area contributed by atoms with E-state index >= 15 is 0 Å². The molecule has 0 radical (unpaired) electrons. The Balaban J connectivity index is 1.53. The van der Waals surface area contributed by atoms with E-state index in [2.05, 4.69) is 15.3 Å². The highest BCUT2D eigenvalue weighted by Crippen LogP contribution is 2.23. The molecule has 1 amide bonds. The summed E-state index contributed by atoms with van der Waals surface area (Å²) in [5.41, 5.74) is 1.50. The van der Waals surface area contributed by atoms with Crippen molar-refractivity contribution in [1.82, 2.24) is 9.97 Å². The van der Waals surface area contributed by atoms with Gasteiger partial charge in [0.2, 0.25) is 5.43 Å². The molecule has 4 aromatic rings. The van der Waals surface area contributed by atoms with E-state index in [1.807, 2.05) is 30.3 Å². The van der Waals surface area contributed by atoms with E-state index in [0.717, 1.165) is 10.4 Å². The number of amides is 1. The van der Waals surface area contributed by atoms with Crippen LogP contribution in [0.5, 0.6) is 0 Å². The molecule has 0 aliphatic heterocycles. The zero-order chi connectivity index (χ0) is 18.8. The van der Waals surface area contributed by atoms with Crippen LogP contribution in [0.2, 0.25) is 5.02 Å². The maximum absolute atomic E-state index is 12.5. The summed E-state index contributed by atoms with van der Waals surface area (Å²) in [6.07, 6.45) is 3.82. The highest BCUT2D eigenvalue weighted by Gasteiger charge is 2.14. The van der Waals surface area contributed by atoms with Gasteiger partial charge in [-0.05, 0) is 29.8 Å². The minimum Gasteiger partial charge on any atom is -0.360 e. The summed E-state index contributed by atoms with van der Waals surface area (Å²) in [5.74, 6) is -0.481. The molecule has 2 aromatic carbocycles. The van der Waals surface area contributed by atoms with E-state index in [9.17, 15) is 9.59 Å². The van der Waals surface area contributed by atoms with Gasteiger partial charge in [-0.3, -0.25) is 14.9 Å². The number of rotatable bonds is 4. The van der Waals surface area contributed by atoms with E-state index in [4.69, 9.17) is 11.6 Å². The molecule has 0 fully saturated rings. The van der Waals surface area contributed by atoms with Gasteiger partial charge in [-0.15, -0.1) is 11.3 Å². The van der Waals surface area contributed by atoms with E-state index in [1.165, 1.54) is 17.5 Å². The lowest BCUT2D eigenvalue weighted by molar-refractivity contribution is 0.102. The number of carbonyl (C=O) groups is 1. The molecule has 0 bridgehead atoms. The van der Waals surface area contributed by atoms with Crippen LogP contribution >= 0.6 is 22.9 Å². The molecule has 134 valence electrons. The molecular formula is C20H14ClN3O2S. The van der Waals surface area contributed by atoms with Crippen molar-refractivity contribution in [2.75, 3.05) is 5.32 Å². The highest BCUT2D eigenvalue weighted by molar-refractivity contribution is 7.15. The Morgan fingerprint density at radius 1 is 1.19 bits per heavy atom. The van der Waals surface area contributed by atoms with Gasteiger partial charge >= 0.3 is 0 Å². The van der Waals surface area contributed by atoms with Crippen LogP contribution in [0, 0.1) is 0 Å². The number of benzene rings is 2. The molecule has 0 atom stereocenters. The van der Waals surface area contributed by atoms with Crippen LogP contribution in [0.1, 0.15) is 20.8 Å². The first-order chi connectivity index (χ1) is 13.1. The molecule has 7 heteroatoms. The number of nitrogens with one attached hydrogen (secondary N) is 2. The number of thiazole rings is 1. The van der Waals surface area contributed by atoms with Gasteiger partial charge < -0.3 is 4.98 Å². The SMILES string of the molecule is O=C(Nc1ncc(Cc2cccc(Cl)c2)s1)c1c[nH]c2ccccc2c1=O. The Hall–Kier alpha value is -2.96. The van der Waals surface area contributed by atoms with Crippen LogP contribution in [-0.4, -0.2) is 15.9 Å². The lowest BCUT2D eigenvalue weighted by Crippen LogP contribution is -2.21. The molecule has 0 saturated carbocycles. The molecule has 0 spiro atoms. The number of anilines is 1. The normalized spacial score (nSPS) is 10.9. The second-order valence-corrected chi connectivity index (χ2v) is 7.52. The fourth-order valence-electron chi connectivity index (χ4n) is 2.80. The molecule has 2 heterocycles. The van der Waals surface area contributed by atoms with E-state index < -0.39 is 5.91 Å². The summed E-state index contributed by atoms with van der Waals surface area (Å²) in [7, 11) is 0. The predicted octanol–water partition coefficient (Wildman–Crippen LogP) is 4.48. The Kier molecular flexibility index (Phi) is 4.75. The Bertz CT molecular complexity index is 1200. The molecule has 0 unspecified atom stereocenters. The van der Waals surface area contributed by atoms with Crippen molar-refractivity contribution in [3.63, 3.8) is 0 Å². The van der Waals surface area contributed by atoms with Crippen molar-refractivity contribution >= 4 is 44.9 Å². The summed E-state index contributed by atoms with van der Waals surface area (Å²) in [5, 5.41) is 4.31. The van der Waals surface area contributed by atoms with Gasteiger partial charge in [-0.2, -0.15) is 0 Å². The number of carbonyl (C=O) groups excluding carboxylic acids is 1. The van der Waals surface area contributed by atoms with Crippen LogP contribution in [0.25, 0.3) is 10.9 Å². The van der Waals surface area contributed by atoms with E-state index in [-0.39, 0.29) is 11.0 Å². The van der Waals surface area contributed by atoms with Gasteiger partial charge in [0, 0.05) is 39.6 Å². The first-order valence-electron chi connectivity index (χ1n) is 8.21. The van der Waals surface area contributed by atoms with Gasteiger partial charge in [0.05, 0.1) is 0 Å². The third-order valence-corrected chi connectivity index (χ3v) is 5.22. The molecule has 4 rings (SSSR count). The summed E-state index contributed by atoms with van der Waals surface area (Å²) < 4.78 is 0. The highest BCUT2D eigenvalue weighted by atomic mass is 35.5. The van der Waals surface area contributed by atoms with Crippen molar-refractivity contribution in [2.24, 2.45) is 0 Å². The summed E-state index contributed by atoms with van der Waals surface area (Å²) in [6, 6.07) is 14.7. The molecule has 0 saturated heterocycles. The average Bonchev–Trinajstić information content (AvgIpc) is 3.09. The van der Waals surface area contributed by atoms with E-state index in [1.54, 1.807) is 24.4 Å². The first kappa shape index (κ1) is 17.5. The number of aromatic amines is 1.